The van der Waals surface area contributed by atoms with Gasteiger partial charge in [0.25, 0.3) is 0 Å². The lowest BCUT2D eigenvalue weighted by Gasteiger charge is -1.88. The molecule has 3 heteroatoms. The van der Waals surface area contributed by atoms with Crippen LogP contribution in [0, 0.1) is 6.92 Å². The van der Waals surface area contributed by atoms with Gasteiger partial charge in [-0.1, -0.05) is 13.3 Å². The van der Waals surface area contributed by atoms with Crippen LogP contribution in [-0.4, -0.2) is 8.75 Å². The molecule has 0 saturated carbocycles. The molecule has 0 aliphatic rings. The van der Waals surface area contributed by atoms with Crippen LogP contribution in [0.1, 0.15) is 24.7 Å². The molecule has 1 aromatic rings. The third-order valence-corrected chi connectivity index (χ3v) is 1.89. The summed E-state index contributed by atoms with van der Waals surface area (Å²) in [6.07, 6.45) is 2.23. The summed E-state index contributed by atoms with van der Waals surface area (Å²) >= 11 is 1.31. The fraction of sp³-hybridized carbons (Fsp3) is 0.667. The molecule has 1 aromatic heterocycles. The fourth-order valence-corrected chi connectivity index (χ4v) is 1.30. The number of nitrogens with zero attached hydrogens (tertiary/aromatic N) is 2. The minimum Gasteiger partial charge on any atom is -0.178 e. The van der Waals surface area contributed by atoms with Crippen molar-refractivity contribution < 1.29 is 0 Å². The molecule has 0 aliphatic heterocycles. The summed E-state index contributed by atoms with van der Waals surface area (Å²) in [6, 6.07) is 0. The monoisotopic (exact) mass is 142 g/mol. The molecule has 0 N–H and O–H groups in total. The smallest absolute Gasteiger partial charge is 0.0772 e. The highest BCUT2D eigenvalue weighted by atomic mass is 32.1. The topological polar surface area (TPSA) is 25.8 Å². The lowest BCUT2D eigenvalue weighted by Crippen LogP contribution is -1.85. The van der Waals surface area contributed by atoms with Gasteiger partial charge in [0.2, 0.25) is 0 Å². The minimum absolute atomic E-state index is 1.07. The van der Waals surface area contributed by atoms with Crippen molar-refractivity contribution in [2.24, 2.45) is 0 Å². The summed E-state index contributed by atoms with van der Waals surface area (Å²) in [5, 5.41) is 0. The predicted octanol–water partition coefficient (Wildman–Crippen LogP) is 1.80. The average Bonchev–Trinajstić information content (AvgIpc) is 2.18. The highest BCUT2D eigenvalue weighted by Crippen LogP contribution is 2.05. The van der Waals surface area contributed by atoms with Crippen molar-refractivity contribution in [2.75, 3.05) is 0 Å². The molecule has 0 radical (unpaired) electrons. The van der Waals surface area contributed by atoms with Gasteiger partial charge in [0.15, 0.2) is 0 Å². The Morgan fingerprint density at radius 3 is 2.67 bits per heavy atom. The SMILES string of the molecule is CCCc1nsnc1C. The molecule has 2 nitrogen and oxygen atoms in total. The van der Waals surface area contributed by atoms with E-state index in [1.807, 2.05) is 6.92 Å². The number of hydrogen-bond donors (Lipinski definition) is 0. The second-order valence-electron chi connectivity index (χ2n) is 2.05. The maximum Gasteiger partial charge on any atom is 0.0772 e. The van der Waals surface area contributed by atoms with E-state index >= 15 is 0 Å². The molecule has 0 bridgehead atoms. The van der Waals surface area contributed by atoms with Crippen LogP contribution in [0.5, 0.6) is 0 Å². The van der Waals surface area contributed by atoms with E-state index in [0.717, 1.165) is 18.5 Å². The zero-order valence-electron chi connectivity index (χ0n) is 5.72. The van der Waals surface area contributed by atoms with E-state index < -0.39 is 0 Å². The summed E-state index contributed by atoms with van der Waals surface area (Å²) < 4.78 is 8.20. The van der Waals surface area contributed by atoms with Crippen molar-refractivity contribution in [1.29, 1.82) is 0 Å². The fourth-order valence-electron chi connectivity index (χ4n) is 0.713. The van der Waals surface area contributed by atoms with Crippen LogP contribution < -0.4 is 0 Å². The van der Waals surface area contributed by atoms with E-state index in [0.29, 0.717) is 0 Å². The Kier molecular flexibility index (Phi) is 2.16. The van der Waals surface area contributed by atoms with E-state index in [1.165, 1.54) is 17.4 Å². The van der Waals surface area contributed by atoms with Gasteiger partial charge in [-0.25, -0.2) is 0 Å². The quantitative estimate of drug-likeness (QED) is 0.629. The molecule has 0 amide bonds. The normalized spacial score (nSPS) is 10.0. The summed E-state index contributed by atoms with van der Waals surface area (Å²) in [5.41, 5.74) is 2.27. The van der Waals surface area contributed by atoms with Gasteiger partial charge in [0.05, 0.1) is 23.1 Å². The molecule has 0 aliphatic carbocycles. The minimum atomic E-state index is 1.07. The first kappa shape index (κ1) is 6.68. The Hall–Kier alpha value is -0.440. The largest absolute Gasteiger partial charge is 0.178 e. The van der Waals surface area contributed by atoms with E-state index in [4.69, 9.17) is 0 Å². The lowest BCUT2D eigenvalue weighted by molar-refractivity contribution is 0.886. The lowest BCUT2D eigenvalue weighted by atomic mass is 10.2. The average molecular weight is 142 g/mol. The molecular formula is C6H10N2S. The maximum atomic E-state index is 4.14. The van der Waals surface area contributed by atoms with Crippen molar-refractivity contribution in [3.05, 3.63) is 11.4 Å². The van der Waals surface area contributed by atoms with Gasteiger partial charge in [-0.2, -0.15) is 8.75 Å². The predicted molar refractivity (Wildman–Crippen MR) is 38.6 cm³/mol. The number of aryl methyl sites for hydroxylation is 2. The zero-order valence-corrected chi connectivity index (χ0v) is 6.53. The van der Waals surface area contributed by atoms with Gasteiger partial charge in [-0.3, -0.25) is 0 Å². The van der Waals surface area contributed by atoms with Crippen LogP contribution in [0.4, 0.5) is 0 Å². The Bertz CT molecular complexity index is 183. The van der Waals surface area contributed by atoms with Crippen LogP contribution in [0.25, 0.3) is 0 Å². The molecule has 0 spiro atoms. The van der Waals surface area contributed by atoms with Crippen LogP contribution >= 0.6 is 11.7 Å². The van der Waals surface area contributed by atoms with Crippen molar-refractivity contribution >= 4 is 11.7 Å². The first-order valence-electron chi connectivity index (χ1n) is 3.12. The molecule has 1 rings (SSSR count). The standard InChI is InChI=1S/C6H10N2S/c1-3-4-6-5(2)7-9-8-6/h3-4H2,1-2H3. The highest BCUT2D eigenvalue weighted by molar-refractivity contribution is 6.99. The Balaban J connectivity index is 2.69. The van der Waals surface area contributed by atoms with Crippen molar-refractivity contribution in [1.82, 2.24) is 8.75 Å². The van der Waals surface area contributed by atoms with Gasteiger partial charge in [-0.15, -0.1) is 0 Å². The third-order valence-electron chi connectivity index (χ3n) is 1.23. The Labute approximate surface area is 59.3 Å². The highest BCUT2D eigenvalue weighted by Gasteiger charge is 1.99. The molecule has 0 unspecified atom stereocenters. The van der Waals surface area contributed by atoms with Crippen molar-refractivity contribution in [3.8, 4) is 0 Å². The second-order valence-corrected chi connectivity index (χ2v) is 2.57. The molecular weight excluding hydrogens is 132 g/mol. The molecule has 0 fully saturated rings. The summed E-state index contributed by atoms with van der Waals surface area (Å²) in [5.74, 6) is 0. The van der Waals surface area contributed by atoms with E-state index in [9.17, 15) is 0 Å². The van der Waals surface area contributed by atoms with Crippen LogP contribution in [-0.2, 0) is 6.42 Å². The van der Waals surface area contributed by atoms with Crippen LogP contribution in [0.2, 0.25) is 0 Å². The molecule has 50 valence electrons. The summed E-state index contributed by atoms with van der Waals surface area (Å²) in [4.78, 5) is 0. The van der Waals surface area contributed by atoms with Crippen LogP contribution in [0.15, 0.2) is 0 Å². The van der Waals surface area contributed by atoms with Gasteiger partial charge in [-0.05, 0) is 13.3 Å². The molecule has 9 heavy (non-hydrogen) atoms. The maximum absolute atomic E-state index is 4.14. The number of hydrogen-bond acceptors (Lipinski definition) is 3. The van der Waals surface area contributed by atoms with Gasteiger partial charge in [0, 0.05) is 0 Å². The zero-order chi connectivity index (χ0) is 6.69. The van der Waals surface area contributed by atoms with Crippen molar-refractivity contribution in [3.63, 3.8) is 0 Å². The van der Waals surface area contributed by atoms with Gasteiger partial charge < -0.3 is 0 Å². The Morgan fingerprint density at radius 2 is 2.22 bits per heavy atom. The number of aromatic nitrogens is 2. The van der Waals surface area contributed by atoms with E-state index in [1.54, 1.807) is 0 Å². The molecule has 0 atom stereocenters. The summed E-state index contributed by atoms with van der Waals surface area (Å²) in [6.45, 7) is 4.16. The summed E-state index contributed by atoms with van der Waals surface area (Å²) in [7, 11) is 0. The molecule has 0 saturated heterocycles. The van der Waals surface area contributed by atoms with Gasteiger partial charge >= 0.3 is 0 Å². The van der Waals surface area contributed by atoms with Gasteiger partial charge in [0.1, 0.15) is 0 Å². The number of rotatable bonds is 2. The second kappa shape index (κ2) is 2.92. The third kappa shape index (κ3) is 1.48. The first-order valence-corrected chi connectivity index (χ1v) is 3.85. The van der Waals surface area contributed by atoms with E-state index in [2.05, 4.69) is 15.7 Å². The van der Waals surface area contributed by atoms with Crippen LogP contribution in [0.3, 0.4) is 0 Å². The Morgan fingerprint density at radius 1 is 1.44 bits per heavy atom. The van der Waals surface area contributed by atoms with E-state index in [-0.39, 0.29) is 0 Å². The molecule has 1 heterocycles. The van der Waals surface area contributed by atoms with Crippen molar-refractivity contribution in [2.45, 2.75) is 26.7 Å². The molecule has 0 aromatic carbocycles. The first-order chi connectivity index (χ1) is 4.34.